The summed E-state index contributed by atoms with van der Waals surface area (Å²) in [4.78, 5) is 9.47. The topological polar surface area (TPSA) is 37.8 Å². The third-order valence-corrected chi connectivity index (χ3v) is 4.58. The van der Waals surface area contributed by atoms with E-state index in [4.69, 9.17) is 4.98 Å². The van der Waals surface area contributed by atoms with Crippen LogP contribution in [0.3, 0.4) is 0 Å². The Labute approximate surface area is 123 Å². The van der Waals surface area contributed by atoms with E-state index < -0.39 is 0 Å². The van der Waals surface area contributed by atoms with Crippen molar-refractivity contribution < 1.29 is 0 Å². The predicted octanol–water partition coefficient (Wildman–Crippen LogP) is 4.14. The highest BCUT2D eigenvalue weighted by molar-refractivity contribution is 5.21. The number of hydrogen-bond acceptors (Lipinski definition) is 3. The molecule has 0 aromatic carbocycles. The minimum absolute atomic E-state index is 0.343. The zero-order valence-electron chi connectivity index (χ0n) is 13.4. The van der Waals surface area contributed by atoms with Crippen molar-refractivity contribution in [2.45, 2.75) is 71.8 Å². The van der Waals surface area contributed by atoms with Gasteiger partial charge in [-0.2, -0.15) is 0 Å². The van der Waals surface area contributed by atoms with Crippen LogP contribution in [-0.4, -0.2) is 16.5 Å². The van der Waals surface area contributed by atoms with E-state index in [1.54, 1.807) is 0 Å². The van der Waals surface area contributed by atoms with Crippen LogP contribution in [0.2, 0.25) is 0 Å². The molecule has 1 aliphatic rings. The SMILES string of the molecule is CCCNC(C)c1cnc(C2CCC(C)CC2)nc1C. The molecular weight excluding hydrogens is 246 g/mol. The van der Waals surface area contributed by atoms with Crippen molar-refractivity contribution in [2.75, 3.05) is 6.54 Å². The molecule has 1 aliphatic carbocycles. The van der Waals surface area contributed by atoms with Crippen molar-refractivity contribution in [3.63, 3.8) is 0 Å². The molecule has 0 spiro atoms. The van der Waals surface area contributed by atoms with Crippen LogP contribution in [0.1, 0.15) is 81.9 Å². The normalized spacial score (nSPS) is 24.6. The van der Waals surface area contributed by atoms with Gasteiger partial charge in [0.05, 0.1) is 0 Å². The zero-order valence-corrected chi connectivity index (χ0v) is 13.4. The van der Waals surface area contributed by atoms with Gasteiger partial charge in [0.1, 0.15) is 5.82 Å². The van der Waals surface area contributed by atoms with Crippen molar-refractivity contribution in [1.82, 2.24) is 15.3 Å². The average Bonchev–Trinajstić information content (AvgIpc) is 2.45. The Bertz CT molecular complexity index is 422. The third kappa shape index (κ3) is 3.78. The molecular formula is C17H29N3. The van der Waals surface area contributed by atoms with Gasteiger partial charge < -0.3 is 5.32 Å². The summed E-state index contributed by atoms with van der Waals surface area (Å²) in [6.45, 7) is 9.91. The van der Waals surface area contributed by atoms with Crippen molar-refractivity contribution in [1.29, 1.82) is 0 Å². The Morgan fingerprint density at radius 3 is 2.60 bits per heavy atom. The number of rotatable bonds is 5. The predicted molar refractivity (Wildman–Crippen MR) is 83.9 cm³/mol. The maximum Gasteiger partial charge on any atom is 0.131 e. The summed E-state index contributed by atoms with van der Waals surface area (Å²) >= 11 is 0. The minimum atomic E-state index is 0.343. The van der Waals surface area contributed by atoms with Crippen molar-refractivity contribution in [2.24, 2.45) is 5.92 Å². The van der Waals surface area contributed by atoms with Gasteiger partial charge in [0, 0.05) is 29.4 Å². The molecule has 112 valence electrons. The number of nitrogens with one attached hydrogen (secondary N) is 1. The second-order valence-corrected chi connectivity index (χ2v) is 6.40. The lowest BCUT2D eigenvalue weighted by Gasteiger charge is -2.25. The minimum Gasteiger partial charge on any atom is -0.310 e. The van der Waals surface area contributed by atoms with E-state index in [0.717, 1.165) is 30.4 Å². The highest BCUT2D eigenvalue weighted by Gasteiger charge is 2.22. The summed E-state index contributed by atoms with van der Waals surface area (Å²) in [5, 5.41) is 3.51. The smallest absolute Gasteiger partial charge is 0.131 e. The Morgan fingerprint density at radius 1 is 1.30 bits per heavy atom. The number of nitrogens with zero attached hydrogens (tertiary/aromatic N) is 2. The lowest BCUT2D eigenvalue weighted by molar-refractivity contribution is 0.339. The molecule has 0 radical (unpaired) electrons. The largest absolute Gasteiger partial charge is 0.310 e. The lowest BCUT2D eigenvalue weighted by atomic mass is 9.82. The van der Waals surface area contributed by atoms with Crippen LogP contribution in [0.15, 0.2) is 6.20 Å². The summed E-state index contributed by atoms with van der Waals surface area (Å²) in [6, 6.07) is 0.343. The molecule has 1 aromatic rings. The molecule has 1 N–H and O–H groups in total. The highest BCUT2D eigenvalue weighted by Crippen LogP contribution is 2.34. The van der Waals surface area contributed by atoms with E-state index in [1.165, 1.54) is 31.2 Å². The first-order valence-electron chi connectivity index (χ1n) is 8.18. The average molecular weight is 275 g/mol. The molecule has 0 aliphatic heterocycles. The Balaban J connectivity index is 2.05. The van der Waals surface area contributed by atoms with Gasteiger partial charge >= 0.3 is 0 Å². The molecule has 0 bridgehead atoms. The standard InChI is InChI=1S/C17H29N3/c1-5-10-18-13(3)16-11-19-17(20-14(16)4)15-8-6-12(2)7-9-15/h11-13,15,18H,5-10H2,1-4H3. The van der Waals surface area contributed by atoms with Gasteiger partial charge in [0.2, 0.25) is 0 Å². The maximum absolute atomic E-state index is 4.80. The van der Waals surface area contributed by atoms with E-state index in [9.17, 15) is 0 Å². The molecule has 0 amide bonds. The molecule has 1 heterocycles. The molecule has 3 nitrogen and oxygen atoms in total. The van der Waals surface area contributed by atoms with E-state index in [1.807, 2.05) is 6.20 Å². The van der Waals surface area contributed by atoms with Gasteiger partial charge in [-0.3, -0.25) is 0 Å². The van der Waals surface area contributed by atoms with Crippen LogP contribution < -0.4 is 5.32 Å². The van der Waals surface area contributed by atoms with Gasteiger partial charge in [-0.15, -0.1) is 0 Å². The fourth-order valence-corrected chi connectivity index (χ4v) is 3.11. The van der Waals surface area contributed by atoms with Crippen molar-refractivity contribution in [3.8, 4) is 0 Å². The first-order chi connectivity index (χ1) is 9.61. The fourth-order valence-electron chi connectivity index (χ4n) is 3.11. The van der Waals surface area contributed by atoms with Crippen LogP contribution in [0.25, 0.3) is 0 Å². The van der Waals surface area contributed by atoms with Gasteiger partial charge in [-0.25, -0.2) is 9.97 Å². The van der Waals surface area contributed by atoms with E-state index in [2.05, 4.69) is 38.0 Å². The summed E-state index contributed by atoms with van der Waals surface area (Å²) in [7, 11) is 0. The van der Waals surface area contributed by atoms with E-state index in [-0.39, 0.29) is 0 Å². The van der Waals surface area contributed by atoms with Crippen LogP contribution in [-0.2, 0) is 0 Å². The van der Waals surface area contributed by atoms with Crippen LogP contribution >= 0.6 is 0 Å². The molecule has 1 aromatic heterocycles. The molecule has 0 saturated heterocycles. The van der Waals surface area contributed by atoms with E-state index in [0.29, 0.717) is 12.0 Å². The van der Waals surface area contributed by atoms with Crippen LogP contribution in [0.4, 0.5) is 0 Å². The summed E-state index contributed by atoms with van der Waals surface area (Å²) in [5.41, 5.74) is 2.39. The first kappa shape index (κ1) is 15.4. The van der Waals surface area contributed by atoms with Crippen molar-refractivity contribution in [3.05, 3.63) is 23.3 Å². The lowest BCUT2D eigenvalue weighted by Crippen LogP contribution is -2.21. The summed E-state index contributed by atoms with van der Waals surface area (Å²) in [6.07, 6.45) is 8.35. The Hall–Kier alpha value is -0.960. The maximum atomic E-state index is 4.80. The quantitative estimate of drug-likeness (QED) is 0.877. The summed E-state index contributed by atoms with van der Waals surface area (Å²) < 4.78 is 0. The highest BCUT2D eigenvalue weighted by atomic mass is 14.9. The van der Waals surface area contributed by atoms with Crippen LogP contribution in [0, 0.1) is 12.8 Å². The molecule has 2 rings (SSSR count). The third-order valence-electron chi connectivity index (χ3n) is 4.58. The second-order valence-electron chi connectivity index (χ2n) is 6.40. The van der Waals surface area contributed by atoms with Gasteiger partial charge in [-0.1, -0.05) is 26.7 Å². The Kier molecular flexibility index (Phi) is 5.53. The molecule has 1 atom stereocenters. The second kappa shape index (κ2) is 7.16. The molecule has 1 fully saturated rings. The molecule has 20 heavy (non-hydrogen) atoms. The zero-order chi connectivity index (χ0) is 14.5. The number of aryl methyl sites for hydroxylation is 1. The van der Waals surface area contributed by atoms with E-state index >= 15 is 0 Å². The molecule has 1 unspecified atom stereocenters. The number of hydrogen-bond donors (Lipinski definition) is 1. The fraction of sp³-hybridized carbons (Fsp3) is 0.765. The van der Waals surface area contributed by atoms with Gasteiger partial charge in [0.15, 0.2) is 0 Å². The summed E-state index contributed by atoms with van der Waals surface area (Å²) in [5.74, 6) is 2.53. The van der Waals surface area contributed by atoms with Gasteiger partial charge in [-0.05, 0) is 45.6 Å². The monoisotopic (exact) mass is 275 g/mol. The number of aromatic nitrogens is 2. The van der Waals surface area contributed by atoms with Crippen LogP contribution in [0.5, 0.6) is 0 Å². The molecule has 1 saturated carbocycles. The first-order valence-corrected chi connectivity index (χ1v) is 8.18. The van der Waals surface area contributed by atoms with Crippen molar-refractivity contribution >= 4 is 0 Å². The Morgan fingerprint density at radius 2 is 2.00 bits per heavy atom. The van der Waals surface area contributed by atoms with Gasteiger partial charge in [0.25, 0.3) is 0 Å². The molecule has 3 heteroatoms.